The van der Waals surface area contributed by atoms with Crippen LogP contribution in [0.5, 0.6) is 0 Å². The van der Waals surface area contributed by atoms with E-state index in [0.29, 0.717) is 0 Å². The van der Waals surface area contributed by atoms with Crippen molar-refractivity contribution in [1.29, 1.82) is 0 Å². The zero-order valence-corrected chi connectivity index (χ0v) is 35.5. The van der Waals surface area contributed by atoms with E-state index >= 15 is 0 Å². The number of hydrogen-bond donors (Lipinski definition) is 0. The Morgan fingerprint density at radius 1 is 0.194 bits per heavy atom. The minimum absolute atomic E-state index is 0.840. The average Bonchev–Trinajstić information content (AvgIpc) is 4.20. The first kappa shape index (κ1) is 35.3. The molecule has 0 saturated heterocycles. The van der Waals surface area contributed by atoms with Crippen molar-refractivity contribution in [2.45, 2.75) is 0 Å². The molecule has 0 radical (unpaired) electrons. The Morgan fingerprint density at radius 3 is 1.09 bits per heavy atom. The fourth-order valence-corrected chi connectivity index (χ4v) is 11.4. The molecule has 0 bridgehead atoms. The molecule has 5 aromatic heterocycles. The summed E-state index contributed by atoms with van der Waals surface area (Å²) in [6.45, 7) is 0. The zero-order valence-electron chi connectivity index (χ0n) is 35.5. The Balaban J connectivity index is 0.984. The van der Waals surface area contributed by atoms with Gasteiger partial charge < -0.3 is 22.1 Å². The second kappa shape index (κ2) is 12.8. The van der Waals surface area contributed by atoms with Gasteiger partial charge in [-0.15, -0.1) is 0 Å². The summed E-state index contributed by atoms with van der Waals surface area (Å²) < 4.78 is 32.3. The Kier molecular flexibility index (Phi) is 6.75. The van der Waals surface area contributed by atoms with E-state index in [9.17, 15) is 0 Å². The highest BCUT2D eigenvalue weighted by Crippen LogP contribution is 2.48. The van der Waals surface area contributed by atoms with Crippen LogP contribution in [0.4, 0.5) is 0 Å². The van der Waals surface area contributed by atoms with Crippen molar-refractivity contribution in [3.8, 4) is 33.4 Å². The predicted molar refractivity (Wildman–Crippen MR) is 274 cm³/mol. The second-order valence-electron chi connectivity index (χ2n) is 17.8. The van der Waals surface area contributed by atoms with E-state index in [-0.39, 0.29) is 0 Å². The SMILES string of the molecule is c1ccc2c(c1)oc1cc(-c3c4cccc(-c5ccc6oc7ccc8oc9ccccc9c8c7c6c5)c4cc4c(-c5ccc6oc7ccc8oc9ccccc9c8c7c6c5)cccc34)ccc12. The third-order valence-electron chi connectivity index (χ3n) is 14.3. The van der Waals surface area contributed by atoms with Gasteiger partial charge in [0.1, 0.15) is 55.8 Å². The van der Waals surface area contributed by atoms with E-state index in [4.69, 9.17) is 22.1 Å². The molecule has 5 heteroatoms. The van der Waals surface area contributed by atoms with Crippen LogP contribution >= 0.6 is 0 Å². The summed E-state index contributed by atoms with van der Waals surface area (Å²) in [5, 5.41) is 15.4. The van der Waals surface area contributed by atoms with Crippen LogP contribution in [0.15, 0.2) is 216 Å². The molecule has 0 unspecified atom stereocenters. The Bertz CT molecular complexity index is 4570. The van der Waals surface area contributed by atoms with E-state index in [1.807, 2.05) is 60.7 Å². The largest absolute Gasteiger partial charge is 0.456 e. The lowest BCUT2D eigenvalue weighted by molar-refractivity contribution is 0.663. The molecule has 0 spiro atoms. The van der Waals surface area contributed by atoms with Gasteiger partial charge in [-0.2, -0.15) is 0 Å². The van der Waals surface area contributed by atoms with Gasteiger partial charge >= 0.3 is 0 Å². The number of benzene rings is 11. The van der Waals surface area contributed by atoms with Gasteiger partial charge in [0.15, 0.2) is 0 Å². The summed E-state index contributed by atoms with van der Waals surface area (Å²) in [5.74, 6) is 0. The highest BCUT2D eigenvalue weighted by molar-refractivity contribution is 6.28. The molecule has 5 nitrogen and oxygen atoms in total. The number of furan rings is 5. The average molecular weight is 857 g/mol. The fraction of sp³-hybridized carbons (Fsp3) is 0. The lowest BCUT2D eigenvalue weighted by atomic mass is 9.86. The fourth-order valence-electron chi connectivity index (χ4n) is 11.4. The molecule has 0 saturated carbocycles. The van der Waals surface area contributed by atoms with Gasteiger partial charge in [0, 0.05) is 53.9 Å². The van der Waals surface area contributed by atoms with Crippen molar-refractivity contribution in [3.05, 3.63) is 194 Å². The summed E-state index contributed by atoms with van der Waals surface area (Å²) in [6, 6.07) is 68.6. The summed E-state index contributed by atoms with van der Waals surface area (Å²) in [7, 11) is 0. The molecule has 310 valence electrons. The zero-order chi connectivity index (χ0) is 43.5. The van der Waals surface area contributed by atoms with Crippen LogP contribution in [0.1, 0.15) is 0 Å². The standard InChI is InChI=1S/C62H32O5/c1-4-16-48-38(9-1)39-22-19-35(31-57(39)67-48)58-40-14-7-12-36(33-20-23-51-46(29-33)61-55(65-51)27-25-53-59(61)42-10-2-5-17-49(42)63-53)44(40)32-45-37(13-8-15-41(45)58)34-21-24-52-47(30-34)62-56(66-52)28-26-54-60(62)43-11-3-6-18-50(43)64-54/h1-32H. The van der Waals surface area contributed by atoms with Crippen LogP contribution in [-0.4, -0.2) is 0 Å². The lowest BCUT2D eigenvalue weighted by Gasteiger charge is -2.17. The maximum atomic E-state index is 6.54. The maximum absolute atomic E-state index is 6.54. The minimum Gasteiger partial charge on any atom is -0.456 e. The van der Waals surface area contributed by atoms with Gasteiger partial charge in [-0.1, -0.05) is 109 Å². The molecule has 0 N–H and O–H groups in total. The molecule has 0 aliphatic carbocycles. The van der Waals surface area contributed by atoms with Crippen molar-refractivity contribution < 1.29 is 22.1 Å². The molecular formula is C62H32O5. The molecule has 0 aliphatic heterocycles. The van der Waals surface area contributed by atoms with E-state index < -0.39 is 0 Å². The number of fused-ring (bicyclic) bond motifs is 19. The van der Waals surface area contributed by atoms with Crippen molar-refractivity contribution in [2.75, 3.05) is 0 Å². The molecule has 0 fully saturated rings. The van der Waals surface area contributed by atoms with Crippen molar-refractivity contribution in [2.24, 2.45) is 0 Å². The molecular weight excluding hydrogens is 825 g/mol. The molecule has 67 heavy (non-hydrogen) atoms. The van der Waals surface area contributed by atoms with Crippen LogP contribution in [0, 0.1) is 0 Å². The van der Waals surface area contributed by atoms with E-state index in [1.54, 1.807) is 0 Å². The van der Waals surface area contributed by atoms with Crippen molar-refractivity contribution in [1.82, 2.24) is 0 Å². The maximum Gasteiger partial charge on any atom is 0.136 e. The molecule has 11 aromatic carbocycles. The van der Waals surface area contributed by atoms with E-state index in [1.165, 1.54) is 0 Å². The number of hydrogen-bond acceptors (Lipinski definition) is 5. The summed E-state index contributed by atoms with van der Waals surface area (Å²) >= 11 is 0. The summed E-state index contributed by atoms with van der Waals surface area (Å²) in [4.78, 5) is 0. The van der Waals surface area contributed by atoms with Gasteiger partial charge in [0.25, 0.3) is 0 Å². The third kappa shape index (κ3) is 4.81. The number of rotatable bonds is 3. The Labute approximate surface area is 379 Å². The van der Waals surface area contributed by atoms with Crippen LogP contribution in [-0.2, 0) is 0 Å². The Hall–Kier alpha value is -9.06. The van der Waals surface area contributed by atoms with Gasteiger partial charge in [-0.25, -0.2) is 0 Å². The molecule has 16 aromatic rings. The molecule has 16 rings (SSSR count). The highest BCUT2D eigenvalue weighted by Gasteiger charge is 2.22. The Morgan fingerprint density at radius 2 is 0.567 bits per heavy atom. The van der Waals surface area contributed by atoms with Gasteiger partial charge in [0.05, 0.1) is 0 Å². The van der Waals surface area contributed by atoms with E-state index in [2.05, 4.69) is 133 Å². The topological polar surface area (TPSA) is 65.7 Å². The quantitative estimate of drug-likeness (QED) is 0.166. The first-order chi connectivity index (χ1) is 33.2. The summed E-state index contributed by atoms with van der Waals surface area (Å²) in [5.41, 5.74) is 15.2. The number of para-hydroxylation sites is 3. The first-order valence-corrected chi connectivity index (χ1v) is 22.6. The second-order valence-corrected chi connectivity index (χ2v) is 17.8. The predicted octanol–water partition coefficient (Wildman–Crippen LogP) is 18.5. The highest BCUT2D eigenvalue weighted by atomic mass is 16.3. The molecule has 0 amide bonds. The van der Waals surface area contributed by atoms with Crippen molar-refractivity contribution in [3.63, 3.8) is 0 Å². The lowest BCUT2D eigenvalue weighted by Crippen LogP contribution is -1.91. The van der Waals surface area contributed by atoms with Crippen LogP contribution in [0.3, 0.4) is 0 Å². The van der Waals surface area contributed by atoms with Crippen LogP contribution in [0.2, 0.25) is 0 Å². The smallest absolute Gasteiger partial charge is 0.136 e. The van der Waals surface area contributed by atoms with Gasteiger partial charge in [0.2, 0.25) is 0 Å². The minimum atomic E-state index is 0.840. The van der Waals surface area contributed by atoms with Crippen LogP contribution < -0.4 is 0 Å². The summed E-state index contributed by atoms with van der Waals surface area (Å²) in [6.07, 6.45) is 0. The van der Waals surface area contributed by atoms with Gasteiger partial charge in [-0.05, 0) is 140 Å². The van der Waals surface area contributed by atoms with Gasteiger partial charge in [-0.3, -0.25) is 0 Å². The molecule has 0 aliphatic rings. The molecule has 0 atom stereocenters. The van der Waals surface area contributed by atoms with Crippen molar-refractivity contribution >= 4 is 131 Å². The normalized spacial score (nSPS) is 12.5. The van der Waals surface area contributed by atoms with Crippen LogP contribution in [0.25, 0.3) is 165 Å². The third-order valence-corrected chi connectivity index (χ3v) is 14.3. The monoisotopic (exact) mass is 856 g/mol. The first-order valence-electron chi connectivity index (χ1n) is 22.6. The molecule has 5 heterocycles. The van der Waals surface area contributed by atoms with E-state index in [0.717, 1.165) is 165 Å².